The minimum atomic E-state index is -3.79. The molecule has 0 saturated carbocycles. The van der Waals surface area contributed by atoms with E-state index in [2.05, 4.69) is 4.98 Å². The van der Waals surface area contributed by atoms with E-state index in [9.17, 15) is 28.3 Å². The number of anilines is 1. The second kappa shape index (κ2) is 11.8. The third-order valence-corrected chi connectivity index (χ3v) is 5.10. The molecule has 3 N–H and O–H groups in total. The predicted octanol–water partition coefficient (Wildman–Crippen LogP) is 1.97. The van der Waals surface area contributed by atoms with Crippen LogP contribution in [0.1, 0.15) is 64.0 Å². The van der Waals surface area contributed by atoms with Crippen LogP contribution >= 0.6 is 0 Å². The summed E-state index contributed by atoms with van der Waals surface area (Å²) in [7, 11) is 0. The van der Waals surface area contributed by atoms with Gasteiger partial charge in [-0.1, -0.05) is 32.1 Å². The molecule has 31 heavy (non-hydrogen) atoms. The normalized spacial score (nSPS) is 22.4. The van der Waals surface area contributed by atoms with E-state index in [1.807, 2.05) is 0 Å². The highest BCUT2D eigenvalue weighted by molar-refractivity contribution is 5.69. The number of ether oxygens (including phenoxy) is 2. The standard InChI is InChI=1S/C20H29F2N3O6/c21-20(22)17(28)14(31-18(20)25-11-10-15(23)24-19(25)29)13-30-16(27)9-7-5-3-1-2-4-6-8-12-26/h10-12,14,17-18,28H,1-9,13H2,(H2,23,24,29)/t14-,17-,18-/m1/s1. The number of esters is 1. The Hall–Kier alpha value is -2.40. The van der Waals surface area contributed by atoms with Crippen molar-refractivity contribution in [1.82, 2.24) is 9.55 Å². The number of hydrogen-bond acceptors (Lipinski definition) is 8. The van der Waals surface area contributed by atoms with Gasteiger partial charge in [-0.25, -0.2) is 4.79 Å². The zero-order valence-electron chi connectivity index (χ0n) is 17.3. The Bertz CT molecular complexity index is 788. The second-order valence-corrected chi connectivity index (χ2v) is 7.55. The highest BCUT2D eigenvalue weighted by Gasteiger charge is 2.60. The number of unbranched alkanes of at least 4 members (excludes halogenated alkanes) is 7. The lowest BCUT2D eigenvalue weighted by Crippen LogP contribution is -2.42. The average Bonchev–Trinajstić information content (AvgIpc) is 2.94. The van der Waals surface area contributed by atoms with Crippen molar-refractivity contribution in [2.45, 2.75) is 82.1 Å². The highest BCUT2D eigenvalue weighted by Crippen LogP contribution is 2.42. The summed E-state index contributed by atoms with van der Waals surface area (Å²) in [6, 6.07) is 1.16. The number of aliphatic hydroxyl groups is 1. The van der Waals surface area contributed by atoms with Crippen LogP contribution in [0.15, 0.2) is 17.1 Å². The lowest BCUT2D eigenvalue weighted by Gasteiger charge is -2.20. The average molecular weight is 445 g/mol. The summed E-state index contributed by atoms with van der Waals surface area (Å²) in [5.74, 6) is -4.49. The monoisotopic (exact) mass is 445 g/mol. The fraction of sp³-hybridized carbons (Fsp3) is 0.700. The number of aliphatic hydroxyl groups excluding tert-OH is 1. The summed E-state index contributed by atoms with van der Waals surface area (Å²) in [6.07, 6.45) is 3.17. The number of alkyl halides is 2. The quantitative estimate of drug-likeness (QED) is 0.267. The van der Waals surface area contributed by atoms with Crippen LogP contribution in [0.2, 0.25) is 0 Å². The number of halogens is 2. The fourth-order valence-corrected chi connectivity index (χ4v) is 3.34. The van der Waals surface area contributed by atoms with Crippen molar-refractivity contribution in [3.05, 3.63) is 22.7 Å². The van der Waals surface area contributed by atoms with Gasteiger partial charge in [0.15, 0.2) is 6.10 Å². The molecule has 1 aliphatic heterocycles. The highest BCUT2D eigenvalue weighted by atomic mass is 19.3. The summed E-state index contributed by atoms with van der Waals surface area (Å²) in [5.41, 5.74) is 4.31. The molecule has 2 rings (SSSR count). The maximum Gasteiger partial charge on any atom is 0.351 e. The SMILES string of the molecule is Nc1ccn([C@@H]2O[C@H](COC(=O)CCCCCCCCCC=O)[C@@H](O)C2(F)F)c(=O)n1. The molecular formula is C20H29F2N3O6. The van der Waals surface area contributed by atoms with E-state index in [-0.39, 0.29) is 12.2 Å². The maximum absolute atomic E-state index is 14.4. The molecule has 11 heteroatoms. The molecule has 3 atom stereocenters. The Morgan fingerprint density at radius 2 is 1.90 bits per heavy atom. The molecule has 1 aromatic heterocycles. The maximum atomic E-state index is 14.4. The number of nitrogens with zero attached hydrogens (tertiary/aromatic N) is 2. The zero-order chi connectivity index (χ0) is 22.9. The summed E-state index contributed by atoms with van der Waals surface area (Å²) >= 11 is 0. The first-order valence-corrected chi connectivity index (χ1v) is 10.4. The van der Waals surface area contributed by atoms with E-state index >= 15 is 0 Å². The first-order valence-electron chi connectivity index (χ1n) is 10.4. The van der Waals surface area contributed by atoms with Crippen molar-refractivity contribution in [1.29, 1.82) is 0 Å². The van der Waals surface area contributed by atoms with Crippen molar-refractivity contribution in [2.24, 2.45) is 0 Å². The number of carbonyl (C=O) groups is 2. The van der Waals surface area contributed by atoms with Gasteiger partial charge in [0.25, 0.3) is 0 Å². The van der Waals surface area contributed by atoms with Crippen LogP contribution in [0, 0.1) is 0 Å². The number of carbonyl (C=O) groups excluding carboxylic acids is 2. The van der Waals surface area contributed by atoms with Gasteiger partial charge in [0.05, 0.1) is 0 Å². The minimum absolute atomic E-state index is 0.133. The number of hydrogen-bond donors (Lipinski definition) is 2. The molecule has 0 unspecified atom stereocenters. The van der Waals surface area contributed by atoms with Gasteiger partial charge in [-0.15, -0.1) is 0 Å². The molecule has 0 radical (unpaired) electrons. The largest absolute Gasteiger partial charge is 0.463 e. The number of aromatic nitrogens is 2. The van der Waals surface area contributed by atoms with Crippen molar-refractivity contribution in [2.75, 3.05) is 12.3 Å². The summed E-state index contributed by atoms with van der Waals surface area (Å²) in [6.45, 7) is -0.556. The summed E-state index contributed by atoms with van der Waals surface area (Å²) in [5, 5.41) is 9.91. The van der Waals surface area contributed by atoms with Crippen molar-refractivity contribution in [3.63, 3.8) is 0 Å². The molecule has 2 heterocycles. The molecule has 1 aromatic rings. The first kappa shape index (κ1) is 24.9. The van der Waals surface area contributed by atoms with E-state index in [0.29, 0.717) is 17.4 Å². The molecule has 1 fully saturated rings. The zero-order valence-corrected chi connectivity index (χ0v) is 17.3. The first-order chi connectivity index (χ1) is 14.8. The van der Waals surface area contributed by atoms with E-state index in [1.165, 1.54) is 0 Å². The lowest BCUT2D eigenvalue weighted by atomic mass is 10.1. The fourth-order valence-electron chi connectivity index (χ4n) is 3.34. The van der Waals surface area contributed by atoms with Crippen LogP contribution in [0.5, 0.6) is 0 Å². The Labute approximate surface area is 178 Å². The third kappa shape index (κ3) is 7.06. The van der Waals surface area contributed by atoms with Gasteiger partial charge in [-0.3, -0.25) is 9.36 Å². The Morgan fingerprint density at radius 3 is 2.55 bits per heavy atom. The molecule has 174 valence electrons. The van der Waals surface area contributed by atoms with Crippen LogP contribution in [-0.4, -0.2) is 51.7 Å². The molecule has 0 aliphatic carbocycles. The van der Waals surface area contributed by atoms with Gasteiger partial charge in [-0.2, -0.15) is 13.8 Å². The van der Waals surface area contributed by atoms with Crippen molar-refractivity contribution < 1.29 is 33.0 Å². The number of nitrogen functional groups attached to an aromatic ring is 1. The Kier molecular flexibility index (Phi) is 9.50. The van der Waals surface area contributed by atoms with E-state index < -0.39 is 42.6 Å². The number of nitrogens with two attached hydrogens (primary N) is 1. The molecule has 1 aliphatic rings. The molecule has 0 spiro atoms. The minimum Gasteiger partial charge on any atom is -0.463 e. The molecule has 0 bridgehead atoms. The summed E-state index contributed by atoms with van der Waals surface area (Å²) in [4.78, 5) is 37.3. The van der Waals surface area contributed by atoms with Crippen molar-refractivity contribution >= 4 is 18.1 Å². The van der Waals surface area contributed by atoms with Gasteiger partial charge in [0, 0.05) is 19.0 Å². The third-order valence-electron chi connectivity index (χ3n) is 5.10. The molecule has 9 nitrogen and oxygen atoms in total. The molecule has 0 amide bonds. The second-order valence-electron chi connectivity index (χ2n) is 7.55. The van der Waals surface area contributed by atoms with E-state index in [0.717, 1.165) is 57.1 Å². The molecule has 1 saturated heterocycles. The van der Waals surface area contributed by atoms with Crippen LogP contribution in [-0.2, 0) is 19.1 Å². The van der Waals surface area contributed by atoms with Gasteiger partial charge in [0.1, 0.15) is 24.8 Å². The van der Waals surface area contributed by atoms with Gasteiger partial charge < -0.3 is 25.1 Å². The molecule has 0 aromatic carbocycles. The van der Waals surface area contributed by atoms with Crippen LogP contribution in [0.3, 0.4) is 0 Å². The predicted molar refractivity (Wildman–Crippen MR) is 106 cm³/mol. The van der Waals surface area contributed by atoms with Crippen LogP contribution < -0.4 is 11.4 Å². The Balaban J connectivity index is 1.72. The number of rotatable bonds is 13. The van der Waals surface area contributed by atoms with Crippen LogP contribution in [0.25, 0.3) is 0 Å². The van der Waals surface area contributed by atoms with E-state index in [1.54, 1.807) is 0 Å². The van der Waals surface area contributed by atoms with Crippen LogP contribution in [0.4, 0.5) is 14.6 Å². The Morgan fingerprint density at radius 1 is 1.26 bits per heavy atom. The van der Waals surface area contributed by atoms with Gasteiger partial charge in [-0.05, 0) is 18.9 Å². The molecular weight excluding hydrogens is 416 g/mol. The number of aldehydes is 1. The summed E-state index contributed by atoms with van der Waals surface area (Å²) < 4.78 is 39.5. The van der Waals surface area contributed by atoms with Crippen molar-refractivity contribution in [3.8, 4) is 0 Å². The topological polar surface area (TPSA) is 134 Å². The van der Waals surface area contributed by atoms with Gasteiger partial charge in [0.2, 0.25) is 6.23 Å². The van der Waals surface area contributed by atoms with Gasteiger partial charge >= 0.3 is 17.6 Å². The smallest absolute Gasteiger partial charge is 0.351 e. The lowest BCUT2D eigenvalue weighted by molar-refractivity contribution is -0.150. The van der Waals surface area contributed by atoms with E-state index in [4.69, 9.17) is 15.2 Å².